The third-order valence-corrected chi connectivity index (χ3v) is 6.17. The highest BCUT2D eigenvalue weighted by molar-refractivity contribution is 5.93. The van der Waals surface area contributed by atoms with Crippen LogP contribution in [-0.4, -0.2) is 52.9 Å². The van der Waals surface area contributed by atoms with Gasteiger partial charge in [0.25, 0.3) is 5.91 Å². The molecule has 0 atom stereocenters. The fourth-order valence-corrected chi connectivity index (χ4v) is 4.34. The molecule has 1 fully saturated rings. The molecule has 1 aliphatic heterocycles. The van der Waals surface area contributed by atoms with Gasteiger partial charge in [0.2, 0.25) is 0 Å². The van der Waals surface area contributed by atoms with E-state index in [0.717, 1.165) is 55.5 Å². The zero-order chi connectivity index (χ0) is 22.4. The summed E-state index contributed by atoms with van der Waals surface area (Å²) >= 11 is 0. The molecule has 6 heteroatoms. The van der Waals surface area contributed by atoms with Crippen LogP contribution in [0.5, 0.6) is 11.5 Å². The van der Waals surface area contributed by atoms with Gasteiger partial charge < -0.3 is 24.6 Å². The number of amides is 1. The van der Waals surface area contributed by atoms with Gasteiger partial charge in [-0.3, -0.25) is 4.79 Å². The molecule has 0 aliphatic carbocycles. The lowest BCUT2D eigenvalue weighted by Gasteiger charge is -2.29. The van der Waals surface area contributed by atoms with E-state index in [1.807, 2.05) is 6.07 Å². The molecule has 31 heavy (non-hydrogen) atoms. The highest BCUT2D eigenvalue weighted by Crippen LogP contribution is 2.28. The van der Waals surface area contributed by atoms with E-state index < -0.39 is 0 Å². The Morgan fingerprint density at radius 1 is 1.00 bits per heavy atom. The summed E-state index contributed by atoms with van der Waals surface area (Å²) in [6.07, 6.45) is 0. The standard InChI is InChI=1S/C25H35N3O3/c1-18(2)21-8-6-7-19(3)25(21)26-24(29)17-28-13-11-27(12-14-28)16-20-9-10-22(30-4)23(15-20)31-5/h6-10,15,18H,11-14,16-17H2,1-5H3,(H,26,29)/p+2. The Bertz CT molecular complexity index is 890. The number of benzene rings is 2. The molecule has 168 valence electrons. The summed E-state index contributed by atoms with van der Waals surface area (Å²) in [5, 5.41) is 3.19. The van der Waals surface area contributed by atoms with Crippen molar-refractivity contribution in [3.63, 3.8) is 0 Å². The minimum atomic E-state index is 0.106. The maximum atomic E-state index is 12.7. The van der Waals surface area contributed by atoms with Crippen molar-refractivity contribution in [2.24, 2.45) is 0 Å². The van der Waals surface area contributed by atoms with E-state index in [9.17, 15) is 4.79 Å². The minimum absolute atomic E-state index is 0.106. The molecule has 0 radical (unpaired) electrons. The predicted molar refractivity (Wildman–Crippen MR) is 123 cm³/mol. The van der Waals surface area contributed by atoms with Gasteiger partial charge in [-0.1, -0.05) is 32.0 Å². The first-order chi connectivity index (χ1) is 14.9. The largest absolute Gasteiger partial charge is 0.493 e. The molecule has 0 unspecified atom stereocenters. The number of ether oxygens (including phenoxy) is 2. The van der Waals surface area contributed by atoms with Crippen LogP contribution in [0.25, 0.3) is 0 Å². The number of hydrogen-bond acceptors (Lipinski definition) is 3. The summed E-state index contributed by atoms with van der Waals surface area (Å²) in [6.45, 7) is 12.0. The Morgan fingerprint density at radius 2 is 1.68 bits per heavy atom. The molecule has 1 heterocycles. The lowest BCUT2D eigenvalue weighted by molar-refractivity contribution is -1.02. The first kappa shape index (κ1) is 23.1. The van der Waals surface area contributed by atoms with Crippen molar-refractivity contribution < 1.29 is 24.1 Å². The van der Waals surface area contributed by atoms with Crippen molar-refractivity contribution in [3.8, 4) is 11.5 Å². The Balaban J connectivity index is 1.51. The number of carbonyl (C=O) groups excluding carboxylic acids is 1. The summed E-state index contributed by atoms with van der Waals surface area (Å²) in [5.41, 5.74) is 4.56. The van der Waals surface area contributed by atoms with Gasteiger partial charge in [0, 0.05) is 11.3 Å². The second-order valence-corrected chi connectivity index (χ2v) is 8.78. The van der Waals surface area contributed by atoms with Crippen molar-refractivity contribution in [1.29, 1.82) is 0 Å². The quantitative estimate of drug-likeness (QED) is 0.591. The van der Waals surface area contributed by atoms with Crippen LogP contribution in [0.15, 0.2) is 36.4 Å². The van der Waals surface area contributed by atoms with Crippen LogP contribution in [0.1, 0.15) is 36.5 Å². The van der Waals surface area contributed by atoms with Crippen LogP contribution in [0, 0.1) is 6.92 Å². The molecule has 1 amide bonds. The Hall–Kier alpha value is -2.57. The first-order valence-electron chi connectivity index (χ1n) is 11.2. The van der Waals surface area contributed by atoms with Gasteiger partial charge >= 0.3 is 0 Å². The maximum Gasteiger partial charge on any atom is 0.279 e. The molecule has 0 bridgehead atoms. The Kier molecular flexibility index (Phi) is 7.93. The van der Waals surface area contributed by atoms with Gasteiger partial charge in [0.15, 0.2) is 18.0 Å². The molecule has 1 saturated heterocycles. The van der Waals surface area contributed by atoms with E-state index in [1.54, 1.807) is 14.2 Å². The fraction of sp³-hybridized carbons (Fsp3) is 0.480. The summed E-state index contributed by atoms with van der Waals surface area (Å²) in [5.74, 6) is 2.02. The molecule has 3 N–H and O–H groups in total. The number of anilines is 1. The topological polar surface area (TPSA) is 56.4 Å². The molecular weight excluding hydrogens is 390 g/mol. The fourth-order valence-electron chi connectivity index (χ4n) is 4.34. The molecule has 6 nitrogen and oxygen atoms in total. The van der Waals surface area contributed by atoms with E-state index in [0.29, 0.717) is 12.5 Å². The van der Waals surface area contributed by atoms with Gasteiger partial charge in [-0.2, -0.15) is 0 Å². The van der Waals surface area contributed by atoms with E-state index in [-0.39, 0.29) is 5.91 Å². The monoisotopic (exact) mass is 427 g/mol. The molecule has 2 aromatic rings. The van der Waals surface area contributed by atoms with Crippen molar-refractivity contribution in [1.82, 2.24) is 0 Å². The number of para-hydroxylation sites is 1. The van der Waals surface area contributed by atoms with Crippen molar-refractivity contribution >= 4 is 11.6 Å². The second-order valence-electron chi connectivity index (χ2n) is 8.78. The molecule has 0 spiro atoms. The van der Waals surface area contributed by atoms with Crippen molar-refractivity contribution in [2.45, 2.75) is 33.2 Å². The summed E-state index contributed by atoms with van der Waals surface area (Å²) in [7, 11) is 3.33. The van der Waals surface area contributed by atoms with E-state index in [1.165, 1.54) is 20.9 Å². The normalized spacial score (nSPS) is 18.6. The zero-order valence-electron chi connectivity index (χ0n) is 19.5. The zero-order valence-corrected chi connectivity index (χ0v) is 19.5. The third kappa shape index (κ3) is 5.99. The third-order valence-electron chi connectivity index (χ3n) is 6.17. The van der Waals surface area contributed by atoms with Gasteiger partial charge in [-0.05, 0) is 42.2 Å². The number of nitrogens with one attached hydrogen (secondary N) is 3. The lowest BCUT2D eigenvalue weighted by atomic mass is 9.98. The Morgan fingerprint density at radius 3 is 2.32 bits per heavy atom. The summed E-state index contributed by atoms with van der Waals surface area (Å²) in [4.78, 5) is 15.6. The van der Waals surface area contributed by atoms with Crippen LogP contribution in [0.4, 0.5) is 5.69 Å². The number of aryl methyl sites for hydroxylation is 1. The van der Waals surface area contributed by atoms with Crippen LogP contribution >= 0.6 is 0 Å². The summed E-state index contributed by atoms with van der Waals surface area (Å²) in [6, 6.07) is 12.4. The van der Waals surface area contributed by atoms with Crippen LogP contribution in [-0.2, 0) is 11.3 Å². The van der Waals surface area contributed by atoms with E-state index in [4.69, 9.17) is 9.47 Å². The van der Waals surface area contributed by atoms with E-state index in [2.05, 4.69) is 56.4 Å². The van der Waals surface area contributed by atoms with Crippen molar-refractivity contribution in [3.05, 3.63) is 53.1 Å². The van der Waals surface area contributed by atoms with E-state index >= 15 is 0 Å². The highest BCUT2D eigenvalue weighted by atomic mass is 16.5. The maximum absolute atomic E-state index is 12.7. The van der Waals surface area contributed by atoms with Crippen LogP contribution in [0.3, 0.4) is 0 Å². The molecule has 1 aliphatic rings. The number of hydrogen-bond donors (Lipinski definition) is 3. The lowest BCUT2D eigenvalue weighted by Crippen LogP contribution is -3.28. The number of rotatable bonds is 8. The molecule has 0 saturated carbocycles. The Labute approximate surface area is 186 Å². The molecule has 0 aromatic heterocycles. The predicted octanol–water partition coefficient (Wildman–Crippen LogP) is 1.06. The summed E-state index contributed by atoms with van der Waals surface area (Å²) < 4.78 is 10.8. The second kappa shape index (κ2) is 10.6. The first-order valence-corrected chi connectivity index (χ1v) is 11.2. The van der Waals surface area contributed by atoms with Crippen molar-refractivity contribution in [2.75, 3.05) is 52.3 Å². The average molecular weight is 428 g/mol. The smallest absolute Gasteiger partial charge is 0.279 e. The highest BCUT2D eigenvalue weighted by Gasteiger charge is 2.25. The number of quaternary nitrogens is 2. The van der Waals surface area contributed by atoms with Gasteiger partial charge in [0.1, 0.15) is 32.7 Å². The number of carbonyl (C=O) groups is 1. The average Bonchev–Trinajstić information content (AvgIpc) is 2.76. The number of piperazine rings is 1. The van der Waals surface area contributed by atoms with Crippen LogP contribution < -0.4 is 24.6 Å². The molecular formula is C25H37N3O3+2. The SMILES string of the molecule is COc1ccc(C[NH+]2CC[NH+](CC(=O)Nc3c(C)cccc3C(C)C)CC2)cc1OC. The number of methoxy groups -OCH3 is 2. The van der Waals surface area contributed by atoms with Crippen LogP contribution in [0.2, 0.25) is 0 Å². The minimum Gasteiger partial charge on any atom is -0.493 e. The van der Waals surface area contributed by atoms with Gasteiger partial charge in [-0.25, -0.2) is 0 Å². The molecule has 2 aromatic carbocycles. The van der Waals surface area contributed by atoms with Gasteiger partial charge in [0.05, 0.1) is 14.2 Å². The van der Waals surface area contributed by atoms with Gasteiger partial charge in [-0.15, -0.1) is 0 Å². The molecule has 3 rings (SSSR count).